The molecule has 0 unspecified atom stereocenters. The van der Waals surface area contributed by atoms with Crippen LogP contribution in [0.1, 0.15) is 22.4 Å². The fourth-order valence-corrected chi connectivity index (χ4v) is 2.66. The molecule has 0 aliphatic heterocycles. The molecule has 0 spiro atoms. The Balaban J connectivity index is 1.88. The molecule has 0 radical (unpaired) electrons. The van der Waals surface area contributed by atoms with Crippen LogP contribution >= 0.6 is 0 Å². The Morgan fingerprint density at radius 1 is 1.12 bits per heavy atom. The number of aromatic amines is 1. The first-order valence-electron chi connectivity index (χ1n) is 8.32. The van der Waals surface area contributed by atoms with E-state index in [1.54, 1.807) is 7.11 Å². The summed E-state index contributed by atoms with van der Waals surface area (Å²) in [6.07, 6.45) is 1.53. The number of aromatic nitrogens is 2. The number of anilines is 1. The number of hydrazone groups is 1. The molecule has 3 aromatic rings. The van der Waals surface area contributed by atoms with E-state index in [9.17, 15) is 4.79 Å². The molecule has 6 nitrogen and oxygen atoms in total. The van der Waals surface area contributed by atoms with Crippen LogP contribution in [0, 0.1) is 20.8 Å². The maximum absolute atomic E-state index is 12.7. The fourth-order valence-electron chi connectivity index (χ4n) is 2.66. The Morgan fingerprint density at radius 2 is 1.88 bits per heavy atom. The van der Waals surface area contributed by atoms with Crippen LogP contribution in [-0.4, -0.2) is 23.1 Å². The predicted octanol–water partition coefficient (Wildman–Crippen LogP) is 3.55. The van der Waals surface area contributed by atoms with Gasteiger partial charge in [-0.15, -0.1) is 0 Å². The first kappa shape index (κ1) is 17.5. The van der Waals surface area contributed by atoms with E-state index in [0.29, 0.717) is 11.3 Å². The first-order valence-corrected chi connectivity index (χ1v) is 8.32. The lowest BCUT2D eigenvalue weighted by atomic mass is 10.1. The molecular formula is C20H22N4O2. The zero-order valence-electron chi connectivity index (χ0n) is 15.3. The largest absolute Gasteiger partial charge is 0.495 e. The number of methoxy groups -OCH3 is 1. The summed E-state index contributed by atoms with van der Waals surface area (Å²) < 4.78 is 6.80. The zero-order chi connectivity index (χ0) is 18.7. The van der Waals surface area contributed by atoms with Crippen molar-refractivity contribution in [1.29, 1.82) is 0 Å². The third kappa shape index (κ3) is 3.39. The Kier molecular flexibility index (Phi) is 4.93. The molecule has 0 bridgehead atoms. The highest BCUT2D eigenvalue weighted by atomic mass is 16.5. The SMILES string of the molecule is COc1ccccc1N/N=C/c1c(C)[nH]n(-c2ccc(C)c(C)c2)c1=O. The first-order chi connectivity index (χ1) is 12.5. The molecule has 1 heterocycles. The minimum atomic E-state index is -0.142. The van der Waals surface area contributed by atoms with Gasteiger partial charge in [0.25, 0.3) is 5.56 Å². The van der Waals surface area contributed by atoms with Gasteiger partial charge in [-0.25, -0.2) is 4.68 Å². The smallest absolute Gasteiger partial charge is 0.280 e. The third-order valence-electron chi connectivity index (χ3n) is 4.35. The molecule has 0 aliphatic carbocycles. The summed E-state index contributed by atoms with van der Waals surface area (Å²) in [5.74, 6) is 0.683. The van der Waals surface area contributed by atoms with Crippen LogP contribution in [0.3, 0.4) is 0 Å². The van der Waals surface area contributed by atoms with Crippen molar-refractivity contribution in [3.63, 3.8) is 0 Å². The van der Waals surface area contributed by atoms with Crippen LogP contribution < -0.4 is 15.7 Å². The third-order valence-corrected chi connectivity index (χ3v) is 4.35. The quantitative estimate of drug-likeness (QED) is 0.546. The molecule has 0 fully saturated rings. The van der Waals surface area contributed by atoms with Gasteiger partial charge in [-0.1, -0.05) is 18.2 Å². The van der Waals surface area contributed by atoms with Crippen LogP contribution in [0.15, 0.2) is 52.4 Å². The van der Waals surface area contributed by atoms with Crippen LogP contribution in [-0.2, 0) is 0 Å². The number of rotatable bonds is 5. The van der Waals surface area contributed by atoms with Crippen molar-refractivity contribution in [1.82, 2.24) is 9.78 Å². The van der Waals surface area contributed by atoms with E-state index in [4.69, 9.17) is 4.74 Å². The van der Waals surface area contributed by atoms with Gasteiger partial charge in [0.05, 0.1) is 30.3 Å². The van der Waals surface area contributed by atoms with E-state index in [1.807, 2.05) is 63.2 Å². The maximum Gasteiger partial charge on any atom is 0.280 e. The second kappa shape index (κ2) is 7.31. The van der Waals surface area contributed by atoms with Crippen LogP contribution in [0.25, 0.3) is 5.69 Å². The summed E-state index contributed by atoms with van der Waals surface area (Å²) in [6, 6.07) is 13.4. The van der Waals surface area contributed by atoms with Crippen molar-refractivity contribution in [2.75, 3.05) is 12.5 Å². The van der Waals surface area contributed by atoms with Gasteiger partial charge in [-0.05, 0) is 56.2 Å². The van der Waals surface area contributed by atoms with Gasteiger partial charge in [0.15, 0.2) is 0 Å². The highest BCUT2D eigenvalue weighted by molar-refractivity contribution is 5.81. The summed E-state index contributed by atoms with van der Waals surface area (Å²) in [6.45, 7) is 5.92. The van der Waals surface area contributed by atoms with E-state index in [0.717, 1.165) is 22.6 Å². The summed E-state index contributed by atoms with van der Waals surface area (Å²) in [7, 11) is 1.60. The van der Waals surface area contributed by atoms with Crippen LogP contribution in [0.5, 0.6) is 5.75 Å². The Labute approximate surface area is 152 Å². The fraction of sp³-hybridized carbons (Fsp3) is 0.200. The molecule has 0 saturated heterocycles. The molecule has 0 aliphatic rings. The van der Waals surface area contributed by atoms with E-state index >= 15 is 0 Å². The van der Waals surface area contributed by atoms with Gasteiger partial charge in [0, 0.05) is 5.69 Å². The second-order valence-electron chi connectivity index (χ2n) is 6.13. The van der Waals surface area contributed by atoms with Crippen molar-refractivity contribution in [2.24, 2.45) is 5.10 Å². The molecule has 0 saturated carbocycles. The molecule has 2 N–H and O–H groups in total. The highest BCUT2D eigenvalue weighted by Crippen LogP contribution is 2.22. The molecule has 3 rings (SSSR count). The number of benzene rings is 2. The van der Waals surface area contributed by atoms with Gasteiger partial charge in [0.1, 0.15) is 5.75 Å². The van der Waals surface area contributed by atoms with Crippen LogP contribution in [0.2, 0.25) is 0 Å². The average Bonchev–Trinajstić information content (AvgIpc) is 2.92. The van der Waals surface area contributed by atoms with Gasteiger partial charge in [-0.2, -0.15) is 5.10 Å². The van der Waals surface area contributed by atoms with E-state index in [2.05, 4.69) is 15.6 Å². The summed E-state index contributed by atoms with van der Waals surface area (Å²) >= 11 is 0. The predicted molar refractivity (Wildman–Crippen MR) is 105 cm³/mol. The lowest BCUT2D eigenvalue weighted by Gasteiger charge is -2.06. The lowest BCUT2D eigenvalue weighted by Crippen LogP contribution is -2.17. The normalized spacial score (nSPS) is 11.1. The number of nitrogens with one attached hydrogen (secondary N) is 2. The minimum absolute atomic E-state index is 0.142. The topological polar surface area (TPSA) is 71.4 Å². The summed E-state index contributed by atoms with van der Waals surface area (Å²) in [5.41, 5.74) is 7.88. The van der Waals surface area contributed by atoms with Crippen molar-refractivity contribution in [3.8, 4) is 11.4 Å². The number of aryl methyl sites for hydroxylation is 3. The number of ether oxygens (including phenoxy) is 1. The monoisotopic (exact) mass is 350 g/mol. The number of H-pyrrole nitrogens is 1. The van der Waals surface area contributed by atoms with Gasteiger partial charge < -0.3 is 4.74 Å². The zero-order valence-corrected chi connectivity index (χ0v) is 15.3. The van der Waals surface area contributed by atoms with Crippen molar-refractivity contribution in [3.05, 3.63) is 75.2 Å². The maximum atomic E-state index is 12.7. The molecule has 0 amide bonds. The van der Waals surface area contributed by atoms with Gasteiger partial charge in [0.2, 0.25) is 0 Å². The van der Waals surface area contributed by atoms with Gasteiger partial charge in [-0.3, -0.25) is 15.3 Å². The molecular weight excluding hydrogens is 328 g/mol. The Bertz CT molecular complexity index is 1010. The van der Waals surface area contributed by atoms with E-state index < -0.39 is 0 Å². The van der Waals surface area contributed by atoms with Crippen molar-refractivity contribution >= 4 is 11.9 Å². The van der Waals surface area contributed by atoms with Gasteiger partial charge >= 0.3 is 0 Å². The summed E-state index contributed by atoms with van der Waals surface area (Å²) in [4.78, 5) is 12.7. The molecule has 0 atom stereocenters. The number of para-hydroxylation sites is 2. The molecule has 26 heavy (non-hydrogen) atoms. The van der Waals surface area contributed by atoms with E-state index in [1.165, 1.54) is 16.5 Å². The number of nitrogens with zero attached hydrogens (tertiary/aromatic N) is 2. The molecule has 6 heteroatoms. The number of hydrogen-bond acceptors (Lipinski definition) is 4. The summed E-state index contributed by atoms with van der Waals surface area (Å²) in [5, 5.41) is 7.30. The van der Waals surface area contributed by atoms with Crippen LogP contribution in [0.4, 0.5) is 5.69 Å². The Morgan fingerprint density at radius 3 is 2.62 bits per heavy atom. The highest BCUT2D eigenvalue weighted by Gasteiger charge is 2.11. The molecule has 134 valence electrons. The minimum Gasteiger partial charge on any atom is -0.495 e. The lowest BCUT2D eigenvalue weighted by molar-refractivity contribution is 0.416. The van der Waals surface area contributed by atoms with Crippen molar-refractivity contribution < 1.29 is 4.74 Å². The van der Waals surface area contributed by atoms with E-state index in [-0.39, 0.29) is 5.56 Å². The standard InChI is InChI=1S/C20H22N4O2/c1-13-9-10-16(11-14(13)2)24-20(25)17(15(3)23-24)12-21-22-18-7-5-6-8-19(18)26-4/h5-12,22-23H,1-4H3/b21-12+. The Hall–Kier alpha value is -3.28. The molecule has 2 aromatic carbocycles. The number of hydrogen-bond donors (Lipinski definition) is 2. The average molecular weight is 350 g/mol. The second-order valence-corrected chi connectivity index (χ2v) is 6.13. The molecule has 1 aromatic heterocycles. The van der Waals surface area contributed by atoms with Crippen molar-refractivity contribution in [2.45, 2.75) is 20.8 Å².